The van der Waals surface area contributed by atoms with Crippen LogP contribution in [0.15, 0.2) is 24.3 Å². The quantitative estimate of drug-likeness (QED) is 0.515. The van der Waals surface area contributed by atoms with Crippen molar-refractivity contribution in [2.75, 3.05) is 27.2 Å². The Morgan fingerprint density at radius 2 is 1.77 bits per heavy atom. The highest BCUT2D eigenvalue weighted by Crippen LogP contribution is 2.41. The molecule has 148 valence electrons. The van der Waals surface area contributed by atoms with E-state index in [1.807, 2.05) is 24.3 Å². The van der Waals surface area contributed by atoms with Crippen molar-refractivity contribution in [3.05, 3.63) is 24.3 Å². The van der Waals surface area contributed by atoms with Crippen molar-refractivity contribution in [1.82, 2.24) is 0 Å². The summed E-state index contributed by atoms with van der Waals surface area (Å²) < 4.78 is 6.76. The molecule has 2 unspecified atom stereocenters. The summed E-state index contributed by atoms with van der Waals surface area (Å²) in [5.74, 6) is -0.0617. The van der Waals surface area contributed by atoms with E-state index in [4.69, 9.17) is 4.74 Å². The number of nitrogens with zero attached hydrogens (tertiary/aromatic N) is 1. The molecule has 1 saturated carbocycles. The first-order valence-corrected chi connectivity index (χ1v) is 9.99. The molecule has 0 aromatic rings. The zero-order chi connectivity index (χ0) is 17.9. The van der Waals surface area contributed by atoms with Gasteiger partial charge in [0.1, 0.15) is 6.10 Å². The number of esters is 1. The van der Waals surface area contributed by atoms with Gasteiger partial charge >= 0.3 is 5.97 Å². The van der Waals surface area contributed by atoms with Gasteiger partial charge in [-0.3, -0.25) is 4.79 Å². The Kier molecular flexibility index (Phi) is 7.52. The molecule has 0 amide bonds. The number of carbonyl (C=O) groups excluding carboxylic acids is 1. The first-order chi connectivity index (χ1) is 11.9. The van der Waals surface area contributed by atoms with Crippen LogP contribution in [-0.4, -0.2) is 54.4 Å². The summed E-state index contributed by atoms with van der Waals surface area (Å²) in [5.41, 5.74) is -0.889. The lowest BCUT2D eigenvalue weighted by Gasteiger charge is -2.42. The third-order valence-corrected chi connectivity index (χ3v) is 6.47. The molecule has 0 spiro atoms. The minimum atomic E-state index is -0.889. The van der Waals surface area contributed by atoms with Crippen molar-refractivity contribution in [2.45, 2.75) is 63.1 Å². The lowest BCUT2D eigenvalue weighted by Crippen LogP contribution is -3.00. The van der Waals surface area contributed by atoms with E-state index in [2.05, 4.69) is 14.1 Å². The van der Waals surface area contributed by atoms with E-state index >= 15 is 0 Å². The summed E-state index contributed by atoms with van der Waals surface area (Å²) in [4.78, 5) is 12.5. The summed E-state index contributed by atoms with van der Waals surface area (Å²) in [7, 11) is 4.45. The molecular formula is C21H34BrNO3. The van der Waals surface area contributed by atoms with Crippen LogP contribution in [0.1, 0.15) is 51.4 Å². The van der Waals surface area contributed by atoms with Gasteiger partial charge in [-0.2, -0.15) is 0 Å². The Hall–Kier alpha value is -0.650. The van der Waals surface area contributed by atoms with Crippen LogP contribution < -0.4 is 17.0 Å². The van der Waals surface area contributed by atoms with Crippen LogP contribution in [0.4, 0.5) is 0 Å². The molecule has 4 nitrogen and oxygen atoms in total. The number of aliphatic hydroxyl groups is 1. The molecule has 1 aliphatic heterocycles. The first kappa shape index (κ1) is 21.6. The number of piperidine rings is 1. The van der Waals surface area contributed by atoms with Gasteiger partial charge in [-0.05, 0) is 18.8 Å². The fourth-order valence-electron chi connectivity index (χ4n) is 4.70. The zero-order valence-electron chi connectivity index (χ0n) is 16.2. The van der Waals surface area contributed by atoms with E-state index in [0.717, 1.165) is 43.3 Å². The molecular weight excluding hydrogens is 394 g/mol. The summed E-state index contributed by atoms with van der Waals surface area (Å²) in [6.45, 7) is 2.10. The van der Waals surface area contributed by atoms with Crippen molar-refractivity contribution < 1.29 is 36.1 Å². The van der Waals surface area contributed by atoms with E-state index in [-0.39, 0.29) is 47.3 Å². The second-order valence-electron chi connectivity index (χ2n) is 8.85. The Morgan fingerprint density at radius 1 is 1.12 bits per heavy atom. The van der Waals surface area contributed by atoms with E-state index in [1.54, 1.807) is 0 Å². The molecule has 3 aliphatic rings. The predicted octanol–water partition coefficient (Wildman–Crippen LogP) is 0.216. The zero-order valence-corrected chi connectivity index (χ0v) is 17.8. The Morgan fingerprint density at radius 3 is 2.42 bits per heavy atom. The molecule has 1 heterocycles. The van der Waals surface area contributed by atoms with Gasteiger partial charge in [-0.15, -0.1) is 0 Å². The number of halogens is 1. The van der Waals surface area contributed by atoms with Gasteiger partial charge in [0.15, 0.2) is 0 Å². The molecule has 1 saturated heterocycles. The summed E-state index contributed by atoms with van der Waals surface area (Å²) >= 11 is 0. The number of rotatable bonds is 4. The highest BCUT2D eigenvalue weighted by molar-refractivity contribution is 5.70. The van der Waals surface area contributed by atoms with Gasteiger partial charge in [0.2, 0.25) is 0 Å². The van der Waals surface area contributed by atoms with Crippen LogP contribution in [0, 0.1) is 11.8 Å². The van der Waals surface area contributed by atoms with Crippen LogP contribution in [0.2, 0.25) is 0 Å². The van der Waals surface area contributed by atoms with Crippen molar-refractivity contribution in [3.8, 4) is 0 Å². The van der Waals surface area contributed by atoms with E-state index in [0.29, 0.717) is 0 Å². The number of hydrogen-bond acceptors (Lipinski definition) is 3. The number of allylic oxidation sites excluding steroid dienone is 2. The normalized spacial score (nSPS) is 32.0. The number of hydrogen-bond donors (Lipinski definition) is 1. The van der Waals surface area contributed by atoms with Crippen LogP contribution in [0.25, 0.3) is 0 Å². The maximum absolute atomic E-state index is 12.5. The molecule has 1 N–H and O–H groups in total. The van der Waals surface area contributed by atoms with E-state index in [9.17, 15) is 9.90 Å². The summed E-state index contributed by atoms with van der Waals surface area (Å²) in [6.07, 6.45) is 15.7. The Bertz CT molecular complexity index is 529. The molecule has 0 aromatic carbocycles. The Balaban J connectivity index is 0.00000243. The minimum absolute atomic E-state index is 0. The third kappa shape index (κ3) is 5.20. The van der Waals surface area contributed by atoms with Crippen molar-refractivity contribution in [1.29, 1.82) is 0 Å². The largest absolute Gasteiger partial charge is 1.00 e. The second-order valence-corrected chi connectivity index (χ2v) is 8.85. The summed E-state index contributed by atoms with van der Waals surface area (Å²) in [5, 5.41) is 11.3. The monoisotopic (exact) mass is 427 g/mol. The van der Waals surface area contributed by atoms with Gasteiger partial charge in [-0.25, -0.2) is 0 Å². The lowest BCUT2D eigenvalue weighted by molar-refractivity contribution is -0.896. The van der Waals surface area contributed by atoms with Crippen LogP contribution in [0.5, 0.6) is 0 Å². The molecule has 2 fully saturated rings. The van der Waals surface area contributed by atoms with Gasteiger partial charge in [0.05, 0.1) is 39.2 Å². The molecule has 3 rings (SSSR count). The number of ether oxygens (including phenoxy) is 1. The van der Waals surface area contributed by atoms with Gasteiger partial charge in [-0.1, -0.05) is 43.6 Å². The van der Waals surface area contributed by atoms with Gasteiger partial charge in [0, 0.05) is 18.8 Å². The van der Waals surface area contributed by atoms with Gasteiger partial charge < -0.3 is 31.3 Å². The maximum atomic E-state index is 12.5. The SMILES string of the molecule is C[N+]1(C)CCC(OC(=O)CC2C=CC=CC2(O)C2CCCCC2)CC1.[Br-]. The van der Waals surface area contributed by atoms with E-state index in [1.165, 1.54) is 19.3 Å². The highest BCUT2D eigenvalue weighted by Gasteiger charge is 2.43. The van der Waals surface area contributed by atoms with Gasteiger partial charge in [0.25, 0.3) is 0 Å². The van der Waals surface area contributed by atoms with Crippen molar-refractivity contribution in [3.63, 3.8) is 0 Å². The molecule has 26 heavy (non-hydrogen) atoms. The fourth-order valence-corrected chi connectivity index (χ4v) is 4.70. The molecule has 5 heteroatoms. The maximum Gasteiger partial charge on any atom is 0.306 e. The van der Waals surface area contributed by atoms with E-state index < -0.39 is 5.60 Å². The predicted molar refractivity (Wildman–Crippen MR) is 98.9 cm³/mol. The molecule has 0 bridgehead atoms. The van der Waals surface area contributed by atoms with Crippen LogP contribution >= 0.6 is 0 Å². The van der Waals surface area contributed by atoms with Crippen molar-refractivity contribution >= 4 is 5.97 Å². The topological polar surface area (TPSA) is 46.5 Å². The number of quaternary nitrogens is 1. The average Bonchev–Trinajstić information content (AvgIpc) is 2.60. The fraction of sp³-hybridized carbons (Fsp3) is 0.762. The first-order valence-electron chi connectivity index (χ1n) is 9.99. The molecule has 0 radical (unpaired) electrons. The average molecular weight is 428 g/mol. The highest BCUT2D eigenvalue weighted by atomic mass is 79.9. The summed E-state index contributed by atoms with van der Waals surface area (Å²) in [6, 6.07) is 0. The number of likely N-dealkylation sites (tertiary alicyclic amines) is 1. The number of carbonyl (C=O) groups is 1. The second kappa shape index (κ2) is 9.03. The minimum Gasteiger partial charge on any atom is -1.00 e. The van der Waals surface area contributed by atoms with Crippen molar-refractivity contribution in [2.24, 2.45) is 11.8 Å². The van der Waals surface area contributed by atoms with Crippen LogP contribution in [-0.2, 0) is 9.53 Å². The smallest absolute Gasteiger partial charge is 0.306 e. The lowest BCUT2D eigenvalue weighted by atomic mass is 9.68. The molecule has 2 atom stereocenters. The standard InChI is InChI=1S/C21H34NO3.BrH/c1-22(2)14-11-19(12-15-22)25-20(23)16-18-10-6-7-13-21(18,24)17-8-4-3-5-9-17;/h6-7,10,13,17-19,24H,3-5,8-9,11-12,14-16H2,1-2H3;1H/q+1;/p-1. The van der Waals surface area contributed by atoms with Crippen LogP contribution in [0.3, 0.4) is 0 Å². The molecule has 0 aromatic heterocycles. The molecule has 2 aliphatic carbocycles. The third-order valence-electron chi connectivity index (χ3n) is 6.47. The Labute approximate surface area is 168 Å².